The number of aryl methyl sites for hydroxylation is 2. The van der Waals surface area contributed by atoms with Gasteiger partial charge >= 0.3 is 0 Å². The molecule has 0 saturated carbocycles. The molecule has 0 aliphatic heterocycles. The fourth-order valence-electron chi connectivity index (χ4n) is 2.52. The van der Waals surface area contributed by atoms with Crippen LogP contribution in [0.2, 0.25) is 0 Å². The van der Waals surface area contributed by atoms with Crippen molar-refractivity contribution in [1.29, 1.82) is 0 Å². The summed E-state index contributed by atoms with van der Waals surface area (Å²) in [6.45, 7) is 8.47. The molecule has 3 nitrogen and oxygen atoms in total. The van der Waals surface area contributed by atoms with Crippen molar-refractivity contribution in [3.05, 3.63) is 40.4 Å². The van der Waals surface area contributed by atoms with E-state index in [9.17, 15) is 0 Å². The standard InChI is InChI=1S/C18H20N2OS/c1-10(2)16-9-22-18(20-16)15-6-11(3)13-8-17(21-5)12(4)7-14(13)19-15/h6-10H,1-5H3. The molecule has 0 aliphatic carbocycles. The van der Waals surface area contributed by atoms with Gasteiger partial charge in [-0.25, -0.2) is 9.97 Å². The summed E-state index contributed by atoms with van der Waals surface area (Å²) in [6, 6.07) is 6.26. The van der Waals surface area contributed by atoms with Gasteiger partial charge in [0.15, 0.2) is 0 Å². The first-order valence-electron chi connectivity index (χ1n) is 7.41. The zero-order chi connectivity index (χ0) is 15.9. The lowest BCUT2D eigenvalue weighted by Crippen LogP contribution is -1.93. The van der Waals surface area contributed by atoms with Crippen LogP contribution in [0, 0.1) is 13.8 Å². The summed E-state index contributed by atoms with van der Waals surface area (Å²) in [7, 11) is 1.70. The molecule has 0 unspecified atom stereocenters. The quantitative estimate of drug-likeness (QED) is 0.674. The minimum atomic E-state index is 0.443. The minimum Gasteiger partial charge on any atom is -0.496 e. The highest BCUT2D eigenvalue weighted by Gasteiger charge is 2.12. The van der Waals surface area contributed by atoms with Gasteiger partial charge < -0.3 is 4.74 Å². The molecule has 0 spiro atoms. The van der Waals surface area contributed by atoms with Crippen LogP contribution in [0.25, 0.3) is 21.6 Å². The van der Waals surface area contributed by atoms with Gasteiger partial charge in [0.25, 0.3) is 0 Å². The van der Waals surface area contributed by atoms with Gasteiger partial charge in [0, 0.05) is 10.8 Å². The minimum absolute atomic E-state index is 0.443. The second-order valence-corrected chi connectivity index (χ2v) is 6.75. The maximum atomic E-state index is 5.41. The Bertz CT molecular complexity index is 836. The summed E-state index contributed by atoms with van der Waals surface area (Å²) in [5, 5.41) is 4.24. The zero-order valence-electron chi connectivity index (χ0n) is 13.6. The fourth-order valence-corrected chi connectivity index (χ4v) is 3.47. The van der Waals surface area contributed by atoms with E-state index in [1.54, 1.807) is 18.4 Å². The monoisotopic (exact) mass is 312 g/mol. The molecule has 0 N–H and O–H groups in total. The molecule has 1 aromatic carbocycles. The number of pyridine rings is 1. The molecule has 0 atom stereocenters. The van der Waals surface area contributed by atoms with Gasteiger partial charge in [-0.2, -0.15) is 0 Å². The lowest BCUT2D eigenvalue weighted by molar-refractivity contribution is 0.412. The summed E-state index contributed by atoms with van der Waals surface area (Å²) < 4.78 is 5.41. The molecule has 2 aromatic heterocycles. The van der Waals surface area contributed by atoms with E-state index in [0.717, 1.165) is 38.6 Å². The number of hydrogen-bond donors (Lipinski definition) is 0. The summed E-state index contributed by atoms with van der Waals surface area (Å²) in [6.07, 6.45) is 0. The van der Waals surface area contributed by atoms with E-state index in [4.69, 9.17) is 14.7 Å². The molecule has 4 heteroatoms. The molecule has 0 bridgehead atoms. The van der Waals surface area contributed by atoms with E-state index < -0.39 is 0 Å². The molecule has 0 amide bonds. The van der Waals surface area contributed by atoms with Crippen LogP contribution in [0.3, 0.4) is 0 Å². The third-order valence-electron chi connectivity index (χ3n) is 3.86. The average molecular weight is 312 g/mol. The van der Waals surface area contributed by atoms with E-state index in [1.807, 2.05) is 6.92 Å². The third kappa shape index (κ3) is 2.59. The van der Waals surface area contributed by atoms with Gasteiger partial charge in [-0.3, -0.25) is 0 Å². The predicted octanol–water partition coefficient (Wildman–Crippen LogP) is 5.11. The normalized spacial score (nSPS) is 11.4. The number of thiazole rings is 1. The Hall–Kier alpha value is -1.94. The summed E-state index contributed by atoms with van der Waals surface area (Å²) in [5.74, 6) is 1.35. The van der Waals surface area contributed by atoms with Crippen LogP contribution in [-0.4, -0.2) is 17.1 Å². The van der Waals surface area contributed by atoms with Gasteiger partial charge in [0.05, 0.1) is 24.0 Å². The Morgan fingerprint density at radius 2 is 1.82 bits per heavy atom. The van der Waals surface area contributed by atoms with Crippen LogP contribution in [-0.2, 0) is 0 Å². The van der Waals surface area contributed by atoms with Gasteiger partial charge in [-0.05, 0) is 49.1 Å². The number of benzene rings is 1. The van der Waals surface area contributed by atoms with E-state index in [-0.39, 0.29) is 0 Å². The zero-order valence-corrected chi connectivity index (χ0v) is 14.4. The Kier molecular flexibility index (Phi) is 3.87. The maximum Gasteiger partial charge on any atom is 0.142 e. The second kappa shape index (κ2) is 5.69. The maximum absolute atomic E-state index is 5.41. The largest absolute Gasteiger partial charge is 0.496 e. The molecular weight excluding hydrogens is 292 g/mol. The molecule has 0 saturated heterocycles. The smallest absolute Gasteiger partial charge is 0.142 e. The molecule has 22 heavy (non-hydrogen) atoms. The first-order chi connectivity index (χ1) is 10.5. The summed E-state index contributed by atoms with van der Waals surface area (Å²) in [5.41, 5.74) is 5.37. The number of methoxy groups -OCH3 is 1. The van der Waals surface area contributed by atoms with E-state index in [0.29, 0.717) is 5.92 Å². The van der Waals surface area contributed by atoms with Crippen molar-refractivity contribution >= 4 is 22.2 Å². The van der Waals surface area contributed by atoms with Crippen LogP contribution < -0.4 is 4.74 Å². The second-order valence-electron chi connectivity index (χ2n) is 5.90. The van der Waals surface area contributed by atoms with Gasteiger partial charge in [-0.1, -0.05) is 13.8 Å². The molecular formula is C18H20N2OS. The number of rotatable bonds is 3. The first kappa shape index (κ1) is 15.0. The SMILES string of the molecule is COc1cc2c(C)cc(-c3nc(C(C)C)cs3)nc2cc1C. The van der Waals surface area contributed by atoms with Crippen molar-refractivity contribution in [3.8, 4) is 16.5 Å². The lowest BCUT2D eigenvalue weighted by Gasteiger charge is -2.09. The van der Waals surface area contributed by atoms with E-state index in [2.05, 4.69) is 44.4 Å². The summed E-state index contributed by atoms with van der Waals surface area (Å²) in [4.78, 5) is 9.52. The third-order valence-corrected chi connectivity index (χ3v) is 4.75. The molecule has 3 rings (SSSR count). The summed E-state index contributed by atoms with van der Waals surface area (Å²) >= 11 is 1.66. The van der Waals surface area contributed by atoms with Crippen LogP contribution >= 0.6 is 11.3 Å². The highest BCUT2D eigenvalue weighted by Crippen LogP contribution is 2.31. The molecule has 2 heterocycles. The number of hydrogen-bond acceptors (Lipinski definition) is 4. The fraction of sp³-hybridized carbons (Fsp3) is 0.333. The number of fused-ring (bicyclic) bond motifs is 1. The number of aromatic nitrogens is 2. The Labute approximate surface area is 135 Å². The van der Waals surface area contributed by atoms with Crippen molar-refractivity contribution in [2.75, 3.05) is 7.11 Å². The van der Waals surface area contributed by atoms with Crippen LogP contribution in [0.4, 0.5) is 0 Å². The van der Waals surface area contributed by atoms with Crippen molar-refractivity contribution in [2.24, 2.45) is 0 Å². The lowest BCUT2D eigenvalue weighted by atomic mass is 10.1. The Balaban J connectivity index is 2.15. The first-order valence-corrected chi connectivity index (χ1v) is 8.29. The molecule has 0 radical (unpaired) electrons. The molecule has 3 aromatic rings. The van der Waals surface area contributed by atoms with Gasteiger partial charge in [0.1, 0.15) is 10.8 Å². The average Bonchev–Trinajstić information content (AvgIpc) is 2.96. The topological polar surface area (TPSA) is 35.0 Å². The van der Waals surface area contributed by atoms with Crippen molar-refractivity contribution in [2.45, 2.75) is 33.6 Å². The van der Waals surface area contributed by atoms with Gasteiger partial charge in [0.2, 0.25) is 0 Å². The van der Waals surface area contributed by atoms with Crippen LogP contribution in [0.1, 0.15) is 36.6 Å². The van der Waals surface area contributed by atoms with Gasteiger partial charge in [-0.15, -0.1) is 11.3 Å². The Morgan fingerprint density at radius 1 is 1.05 bits per heavy atom. The van der Waals surface area contributed by atoms with Crippen LogP contribution in [0.5, 0.6) is 5.75 Å². The molecule has 114 valence electrons. The molecule has 0 aliphatic rings. The number of ether oxygens (including phenoxy) is 1. The Morgan fingerprint density at radius 3 is 2.45 bits per heavy atom. The van der Waals surface area contributed by atoms with Crippen molar-refractivity contribution in [1.82, 2.24) is 9.97 Å². The van der Waals surface area contributed by atoms with Crippen LogP contribution in [0.15, 0.2) is 23.6 Å². The van der Waals surface area contributed by atoms with Crippen molar-refractivity contribution in [3.63, 3.8) is 0 Å². The highest BCUT2D eigenvalue weighted by molar-refractivity contribution is 7.13. The molecule has 0 fully saturated rings. The number of nitrogens with zero attached hydrogens (tertiary/aromatic N) is 2. The van der Waals surface area contributed by atoms with E-state index >= 15 is 0 Å². The predicted molar refractivity (Wildman–Crippen MR) is 93.0 cm³/mol. The highest BCUT2D eigenvalue weighted by atomic mass is 32.1. The van der Waals surface area contributed by atoms with Crippen molar-refractivity contribution < 1.29 is 4.74 Å². The van der Waals surface area contributed by atoms with E-state index in [1.165, 1.54) is 5.56 Å².